The van der Waals surface area contributed by atoms with Crippen LogP contribution >= 0.6 is 0 Å². The lowest BCUT2D eigenvalue weighted by molar-refractivity contribution is -0.132. The molecule has 0 aliphatic heterocycles. The van der Waals surface area contributed by atoms with E-state index in [-0.39, 0.29) is 17.0 Å². The first-order valence-electron chi connectivity index (χ1n) is 4.92. The van der Waals surface area contributed by atoms with Crippen LogP contribution in [0.5, 0.6) is 5.75 Å². The zero-order chi connectivity index (χ0) is 13.0. The number of aliphatic carboxylic acids is 1. The number of amides is 1. The van der Waals surface area contributed by atoms with Crippen molar-refractivity contribution in [3.05, 3.63) is 35.4 Å². The van der Waals surface area contributed by atoms with E-state index >= 15 is 0 Å². The van der Waals surface area contributed by atoms with Gasteiger partial charge in [0.2, 0.25) is 5.91 Å². The average Bonchev–Trinajstić information content (AvgIpc) is 2.23. The SMILES string of the molecule is C/C(=C\C(=O)Nc1cc(C)ccc1O)C(=O)O. The molecule has 0 aliphatic rings. The second-order valence-corrected chi connectivity index (χ2v) is 3.64. The van der Waals surface area contributed by atoms with Crippen LogP contribution in [0.3, 0.4) is 0 Å². The number of rotatable bonds is 3. The van der Waals surface area contributed by atoms with E-state index in [2.05, 4.69) is 5.32 Å². The Labute approximate surface area is 98.4 Å². The van der Waals surface area contributed by atoms with Gasteiger partial charge in [-0.25, -0.2) is 4.79 Å². The summed E-state index contributed by atoms with van der Waals surface area (Å²) in [5.74, 6) is -1.82. The third kappa shape index (κ3) is 3.64. The molecule has 1 aromatic rings. The predicted octanol–water partition coefficient (Wildman–Crippen LogP) is 1.67. The van der Waals surface area contributed by atoms with Crippen LogP contribution < -0.4 is 5.32 Å². The number of carbonyl (C=O) groups excluding carboxylic acids is 1. The van der Waals surface area contributed by atoms with Gasteiger partial charge in [-0.1, -0.05) is 6.07 Å². The van der Waals surface area contributed by atoms with Crippen LogP contribution in [-0.4, -0.2) is 22.1 Å². The molecule has 0 aromatic heterocycles. The topological polar surface area (TPSA) is 86.6 Å². The molecule has 1 amide bonds. The molecule has 0 aliphatic carbocycles. The Hall–Kier alpha value is -2.30. The van der Waals surface area contributed by atoms with Gasteiger partial charge in [-0.15, -0.1) is 0 Å². The Morgan fingerprint density at radius 2 is 2.00 bits per heavy atom. The number of phenolic OH excluding ortho intramolecular Hbond substituents is 1. The van der Waals surface area contributed by atoms with Crippen molar-refractivity contribution in [1.29, 1.82) is 0 Å². The highest BCUT2D eigenvalue weighted by Crippen LogP contribution is 2.23. The summed E-state index contributed by atoms with van der Waals surface area (Å²) in [7, 11) is 0. The molecule has 0 unspecified atom stereocenters. The van der Waals surface area contributed by atoms with Crippen LogP contribution in [-0.2, 0) is 9.59 Å². The van der Waals surface area contributed by atoms with Crippen LogP contribution in [0, 0.1) is 6.92 Å². The fraction of sp³-hybridized carbons (Fsp3) is 0.167. The second kappa shape index (κ2) is 5.16. The van der Waals surface area contributed by atoms with Gasteiger partial charge in [-0.3, -0.25) is 4.79 Å². The maximum Gasteiger partial charge on any atom is 0.331 e. The molecule has 17 heavy (non-hydrogen) atoms. The number of carboxylic acid groups (broad SMARTS) is 1. The molecule has 90 valence electrons. The number of carbonyl (C=O) groups is 2. The molecular weight excluding hydrogens is 222 g/mol. The Bertz CT molecular complexity index is 491. The molecule has 0 heterocycles. The van der Waals surface area contributed by atoms with Crippen molar-refractivity contribution in [3.63, 3.8) is 0 Å². The van der Waals surface area contributed by atoms with Gasteiger partial charge < -0.3 is 15.5 Å². The zero-order valence-electron chi connectivity index (χ0n) is 9.52. The molecule has 0 fully saturated rings. The Morgan fingerprint density at radius 3 is 2.59 bits per heavy atom. The van der Waals surface area contributed by atoms with Gasteiger partial charge in [0.15, 0.2) is 0 Å². The fourth-order valence-corrected chi connectivity index (χ4v) is 1.18. The van der Waals surface area contributed by atoms with E-state index in [1.807, 2.05) is 6.92 Å². The Morgan fingerprint density at radius 1 is 1.35 bits per heavy atom. The first-order valence-corrected chi connectivity index (χ1v) is 4.92. The van der Waals surface area contributed by atoms with Crippen molar-refractivity contribution < 1.29 is 19.8 Å². The van der Waals surface area contributed by atoms with Gasteiger partial charge in [0.05, 0.1) is 5.69 Å². The summed E-state index contributed by atoms with van der Waals surface area (Å²) in [5, 5.41) is 20.5. The normalized spacial score (nSPS) is 11.1. The van der Waals surface area contributed by atoms with Crippen molar-refractivity contribution in [2.24, 2.45) is 0 Å². The van der Waals surface area contributed by atoms with E-state index < -0.39 is 11.9 Å². The number of carboxylic acids is 1. The quantitative estimate of drug-likeness (QED) is 0.549. The molecule has 0 bridgehead atoms. The fourth-order valence-electron chi connectivity index (χ4n) is 1.18. The number of aromatic hydroxyl groups is 1. The maximum absolute atomic E-state index is 11.4. The van der Waals surface area contributed by atoms with Gasteiger partial charge in [0.25, 0.3) is 0 Å². The Balaban J connectivity index is 2.85. The Kier molecular flexibility index (Phi) is 3.87. The largest absolute Gasteiger partial charge is 0.506 e. The minimum atomic E-state index is -1.16. The smallest absolute Gasteiger partial charge is 0.331 e. The van der Waals surface area contributed by atoms with E-state index in [1.165, 1.54) is 13.0 Å². The highest BCUT2D eigenvalue weighted by Gasteiger charge is 2.07. The van der Waals surface area contributed by atoms with Crippen LogP contribution in [0.1, 0.15) is 12.5 Å². The highest BCUT2D eigenvalue weighted by atomic mass is 16.4. The van der Waals surface area contributed by atoms with Crippen molar-refractivity contribution >= 4 is 17.6 Å². The summed E-state index contributed by atoms with van der Waals surface area (Å²) in [4.78, 5) is 21.9. The predicted molar refractivity (Wildman–Crippen MR) is 62.9 cm³/mol. The first-order chi connectivity index (χ1) is 7.90. The molecule has 3 N–H and O–H groups in total. The highest BCUT2D eigenvalue weighted by molar-refractivity contribution is 6.04. The molecule has 0 spiro atoms. The standard InChI is InChI=1S/C12H13NO4/c1-7-3-4-10(14)9(5-7)13-11(15)6-8(2)12(16)17/h3-6,14H,1-2H3,(H,13,15)(H,16,17)/b8-6+. The summed E-state index contributed by atoms with van der Waals surface area (Å²) >= 11 is 0. The third-order valence-corrected chi connectivity index (χ3v) is 2.09. The number of hydrogen-bond acceptors (Lipinski definition) is 3. The van der Waals surface area contributed by atoms with Crippen LogP contribution in [0.2, 0.25) is 0 Å². The van der Waals surface area contributed by atoms with Gasteiger partial charge in [-0.05, 0) is 31.5 Å². The molecule has 0 saturated carbocycles. The number of aryl methyl sites for hydroxylation is 1. The molecule has 1 aromatic carbocycles. The first kappa shape index (κ1) is 12.8. The maximum atomic E-state index is 11.4. The van der Waals surface area contributed by atoms with E-state index in [0.717, 1.165) is 11.6 Å². The second-order valence-electron chi connectivity index (χ2n) is 3.64. The molecule has 1 rings (SSSR count). The number of benzene rings is 1. The van der Waals surface area contributed by atoms with Gasteiger partial charge in [-0.2, -0.15) is 0 Å². The van der Waals surface area contributed by atoms with E-state index in [4.69, 9.17) is 5.11 Å². The molecule has 5 heteroatoms. The number of hydrogen-bond donors (Lipinski definition) is 3. The van der Waals surface area contributed by atoms with Gasteiger partial charge in [0, 0.05) is 11.6 Å². The molecule has 0 atom stereocenters. The van der Waals surface area contributed by atoms with Crippen molar-refractivity contribution in [2.45, 2.75) is 13.8 Å². The monoisotopic (exact) mass is 235 g/mol. The number of nitrogens with one attached hydrogen (secondary N) is 1. The summed E-state index contributed by atoms with van der Waals surface area (Å²) in [6.07, 6.45) is 0.962. The van der Waals surface area contributed by atoms with E-state index in [0.29, 0.717) is 0 Å². The molecule has 0 radical (unpaired) electrons. The van der Waals surface area contributed by atoms with Gasteiger partial charge >= 0.3 is 5.97 Å². The number of phenols is 1. The van der Waals surface area contributed by atoms with Crippen molar-refractivity contribution in [2.75, 3.05) is 5.32 Å². The lowest BCUT2D eigenvalue weighted by Gasteiger charge is -2.06. The summed E-state index contributed by atoms with van der Waals surface area (Å²) < 4.78 is 0. The minimum absolute atomic E-state index is 0.0645. The van der Waals surface area contributed by atoms with E-state index in [1.54, 1.807) is 12.1 Å². The third-order valence-electron chi connectivity index (χ3n) is 2.09. The summed E-state index contributed by atoms with van der Waals surface area (Å²) in [5.41, 5.74) is 1.05. The zero-order valence-corrected chi connectivity index (χ0v) is 9.52. The summed E-state index contributed by atoms with van der Waals surface area (Å²) in [6.45, 7) is 3.13. The molecule has 5 nitrogen and oxygen atoms in total. The average molecular weight is 235 g/mol. The van der Waals surface area contributed by atoms with Crippen LogP contribution in [0.15, 0.2) is 29.8 Å². The van der Waals surface area contributed by atoms with Crippen molar-refractivity contribution in [3.8, 4) is 5.75 Å². The van der Waals surface area contributed by atoms with Crippen LogP contribution in [0.25, 0.3) is 0 Å². The lowest BCUT2D eigenvalue weighted by Crippen LogP contribution is -2.11. The summed E-state index contributed by atoms with van der Waals surface area (Å²) in [6, 6.07) is 4.75. The van der Waals surface area contributed by atoms with Crippen molar-refractivity contribution in [1.82, 2.24) is 0 Å². The van der Waals surface area contributed by atoms with E-state index in [9.17, 15) is 14.7 Å². The number of anilines is 1. The van der Waals surface area contributed by atoms with Gasteiger partial charge in [0.1, 0.15) is 5.75 Å². The molecule has 0 saturated heterocycles. The lowest BCUT2D eigenvalue weighted by atomic mass is 10.2. The van der Waals surface area contributed by atoms with Crippen LogP contribution in [0.4, 0.5) is 5.69 Å². The minimum Gasteiger partial charge on any atom is -0.506 e. The molecular formula is C12H13NO4.